The maximum absolute atomic E-state index is 11.1. The van der Waals surface area contributed by atoms with Gasteiger partial charge in [0.2, 0.25) is 16.6 Å². The lowest BCUT2D eigenvalue weighted by atomic mass is 9.61. The summed E-state index contributed by atoms with van der Waals surface area (Å²) in [4.78, 5) is 0. The highest BCUT2D eigenvalue weighted by molar-refractivity contribution is 6.78. The van der Waals surface area contributed by atoms with Gasteiger partial charge in [0.25, 0.3) is 0 Å². The molecule has 0 bridgehead atoms. The Morgan fingerprint density at radius 2 is 1.43 bits per heavy atom. The molecule has 0 saturated heterocycles. The van der Waals surface area contributed by atoms with Gasteiger partial charge in [-0.25, -0.2) is 4.68 Å². The normalized spacial score (nSPS) is 27.7. The largest absolute Gasteiger partial charge is 0.413 e. The minimum Gasteiger partial charge on any atom is -0.413 e. The first-order valence-electron chi connectivity index (χ1n) is 23.2. The number of fused-ring (bicyclic) bond motifs is 1. The van der Waals surface area contributed by atoms with Crippen LogP contribution in [0.25, 0.3) is 0 Å². The Bertz CT molecular complexity index is 1460. The van der Waals surface area contributed by atoms with Crippen molar-refractivity contribution < 1.29 is 14.0 Å². The van der Waals surface area contributed by atoms with Gasteiger partial charge in [-0.1, -0.05) is 140 Å². The third-order valence-corrected chi connectivity index (χ3v) is 28.3. The van der Waals surface area contributed by atoms with Crippen LogP contribution in [0.5, 0.6) is 0 Å². The van der Waals surface area contributed by atoms with Crippen molar-refractivity contribution in [3.63, 3.8) is 0 Å². The highest BCUT2D eigenvalue weighted by Gasteiger charge is 2.52. The third-order valence-electron chi connectivity index (χ3n) is 16.1. The lowest BCUT2D eigenvalue weighted by molar-refractivity contribution is 0.0298. The Morgan fingerprint density at radius 1 is 0.875 bits per heavy atom. The fourth-order valence-electron chi connectivity index (χ4n) is 13.0. The van der Waals surface area contributed by atoms with Crippen LogP contribution in [0.2, 0.25) is 33.2 Å². The highest BCUT2D eigenvalue weighted by Crippen LogP contribution is 2.60. The van der Waals surface area contributed by atoms with Gasteiger partial charge in [0.05, 0.1) is 29.7 Å². The molecule has 3 fully saturated rings. The minimum atomic E-state index is -2.16. The predicted molar refractivity (Wildman–Crippen MR) is 243 cm³/mol. The van der Waals surface area contributed by atoms with Crippen molar-refractivity contribution in [1.29, 1.82) is 0 Å². The zero-order valence-corrected chi connectivity index (χ0v) is 41.2. The summed E-state index contributed by atoms with van der Waals surface area (Å²) in [6.45, 7) is 43.8. The number of hydrogen-bond donors (Lipinski definition) is 1. The van der Waals surface area contributed by atoms with Crippen molar-refractivity contribution in [2.75, 3.05) is 0 Å². The topological polar surface area (TPSA) is 69.4 Å². The maximum Gasteiger partial charge on any atom is 0.201 e. The standard InChI is InChI=1S/C48H87N3O3Si2/c1-18-48(52,19-2)29-42-30-49-50-51(42)31-38(15)44-24-25-45-40(21-20-26-47(44,45)17)22-23-41-27-43(53-55(32(3)4,33(5)6)34(7)8)28-46(39(41)16)54-56(35(9)10,36(11)12)37(13)14/h22-23,30,32-38,43-46,52H,16,18-21,24-29,31H2,1-15,17H3/b40-22?,41-23+/t38-,43-,44-,45+,46+,47-/m1/s1. The van der Waals surface area contributed by atoms with E-state index in [0.29, 0.717) is 57.4 Å². The molecule has 0 aromatic carbocycles. The fourth-order valence-corrected chi connectivity index (χ4v) is 24.1. The van der Waals surface area contributed by atoms with Crippen LogP contribution in [0, 0.1) is 23.2 Å². The molecule has 0 amide bonds. The van der Waals surface area contributed by atoms with Crippen molar-refractivity contribution in [3.8, 4) is 0 Å². The van der Waals surface area contributed by atoms with Crippen molar-refractivity contribution in [1.82, 2.24) is 15.0 Å². The van der Waals surface area contributed by atoms with E-state index in [1.165, 1.54) is 43.3 Å². The first kappa shape index (κ1) is 47.4. The Hall–Kier alpha value is -1.33. The molecule has 3 aliphatic rings. The van der Waals surface area contributed by atoms with Crippen LogP contribution in [0.15, 0.2) is 41.6 Å². The number of allylic oxidation sites excluding steroid dienone is 3. The fraction of sp³-hybridized carbons (Fsp3) is 0.833. The van der Waals surface area contributed by atoms with Crippen molar-refractivity contribution in [3.05, 3.63) is 47.3 Å². The molecule has 3 aliphatic carbocycles. The molecule has 8 heteroatoms. The number of nitrogens with zero attached hydrogens (tertiary/aromatic N) is 3. The Kier molecular flexibility index (Phi) is 16.0. The quantitative estimate of drug-likeness (QED) is 0.150. The summed E-state index contributed by atoms with van der Waals surface area (Å²) in [5.74, 6) is 1.70. The smallest absolute Gasteiger partial charge is 0.201 e. The van der Waals surface area contributed by atoms with E-state index in [2.05, 4.69) is 138 Å². The van der Waals surface area contributed by atoms with Crippen LogP contribution >= 0.6 is 0 Å². The number of hydrogen-bond acceptors (Lipinski definition) is 5. The highest BCUT2D eigenvalue weighted by atomic mass is 28.4. The molecule has 4 rings (SSSR count). The molecule has 1 aromatic heterocycles. The van der Waals surface area contributed by atoms with Gasteiger partial charge in [0.15, 0.2) is 0 Å². The van der Waals surface area contributed by atoms with E-state index in [-0.39, 0.29) is 17.6 Å². The average Bonchev–Trinajstić information content (AvgIpc) is 3.71. The molecule has 1 N–H and O–H groups in total. The van der Waals surface area contributed by atoms with Gasteiger partial charge in [-0.2, -0.15) is 0 Å². The lowest BCUT2D eigenvalue weighted by Crippen LogP contribution is -2.54. The van der Waals surface area contributed by atoms with Crippen LogP contribution in [-0.4, -0.2) is 54.5 Å². The Labute approximate surface area is 347 Å². The van der Waals surface area contributed by atoms with Gasteiger partial charge in [-0.3, -0.25) is 0 Å². The van der Waals surface area contributed by atoms with Gasteiger partial charge >= 0.3 is 0 Å². The van der Waals surface area contributed by atoms with E-state index in [1.807, 2.05) is 6.20 Å². The van der Waals surface area contributed by atoms with Gasteiger partial charge in [0, 0.05) is 19.4 Å². The van der Waals surface area contributed by atoms with Crippen LogP contribution in [0.3, 0.4) is 0 Å². The average molecular weight is 810 g/mol. The van der Waals surface area contributed by atoms with Gasteiger partial charge in [-0.15, -0.1) is 5.10 Å². The summed E-state index contributed by atoms with van der Waals surface area (Å²) in [6, 6.07) is 0. The predicted octanol–water partition coefficient (Wildman–Crippen LogP) is 13.5. The molecule has 6 nitrogen and oxygen atoms in total. The summed E-state index contributed by atoms with van der Waals surface area (Å²) in [7, 11) is -4.26. The molecular formula is C48H87N3O3Si2. The van der Waals surface area contributed by atoms with Crippen molar-refractivity contribution in [2.45, 2.75) is 233 Å². The van der Waals surface area contributed by atoms with Gasteiger partial charge in [-0.05, 0) is 119 Å². The summed E-state index contributed by atoms with van der Waals surface area (Å²) >= 11 is 0. The summed E-state index contributed by atoms with van der Waals surface area (Å²) in [5, 5.41) is 20.0. The zero-order valence-electron chi connectivity index (χ0n) is 39.2. The molecule has 0 unspecified atom stereocenters. The number of rotatable bonds is 18. The molecular weight excluding hydrogens is 723 g/mol. The van der Waals surface area contributed by atoms with Crippen LogP contribution < -0.4 is 0 Å². The zero-order chi connectivity index (χ0) is 42.0. The van der Waals surface area contributed by atoms with E-state index >= 15 is 0 Å². The van der Waals surface area contributed by atoms with E-state index in [9.17, 15) is 5.11 Å². The second kappa shape index (κ2) is 18.9. The summed E-state index contributed by atoms with van der Waals surface area (Å²) in [6.07, 6.45) is 17.2. The minimum absolute atomic E-state index is 0.00360. The Morgan fingerprint density at radius 3 is 1.96 bits per heavy atom. The Balaban J connectivity index is 1.66. The number of aromatic nitrogens is 3. The van der Waals surface area contributed by atoms with E-state index in [4.69, 9.17) is 15.4 Å². The maximum atomic E-state index is 11.1. The molecule has 3 saturated carbocycles. The van der Waals surface area contributed by atoms with Crippen LogP contribution in [0.1, 0.15) is 174 Å². The molecule has 6 atom stereocenters. The van der Waals surface area contributed by atoms with Crippen molar-refractivity contribution >= 4 is 16.6 Å². The molecule has 1 heterocycles. The van der Waals surface area contributed by atoms with E-state index < -0.39 is 22.2 Å². The molecule has 0 spiro atoms. The molecule has 320 valence electrons. The summed E-state index contributed by atoms with van der Waals surface area (Å²) in [5.41, 5.74) is 8.00. The molecule has 56 heavy (non-hydrogen) atoms. The van der Waals surface area contributed by atoms with Gasteiger partial charge in [0.1, 0.15) is 0 Å². The van der Waals surface area contributed by atoms with E-state index in [0.717, 1.165) is 37.9 Å². The second-order valence-electron chi connectivity index (χ2n) is 21.0. The molecule has 1 aromatic rings. The molecule has 0 aliphatic heterocycles. The lowest BCUT2D eigenvalue weighted by Gasteiger charge is -2.49. The first-order valence-corrected chi connectivity index (χ1v) is 27.4. The summed E-state index contributed by atoms with van der Waals surface area (Å²) < 4.78 is 17.3. The van der Waals surface area contributed by atoms with Crippen molar-refractivity contribution in [2.24, 2.45) is 23.2 Å². The van der Waals surface area contributed by atoms with E-state index in [1.54, 1.807) is 5.57 Å². The van der Waals surface area contributed by atoms with Gasteiger partial charge < -0.3 is 14.0 Å². The van der Waals surface area contributed by atoms with Crippen LogP contribution in [0.4, 0.5) is 0 Å². The molecule has 0 radical (unpaired) electrons. The second-order valence-corrected chi connectivity index (χ2v) is 31.8. The number of aliphatic hydroxyl groups is 1. The van der Waals surface area contributed by atoms with Crippen LogP contribution in [-0.2, 0) is 21.8 Å². The first-order chi connectivity index (χ1) is 26.1. The third kappa shape index (κ3) is 9.35. The monoisotopic (exact) mass is 810 g/mol. The SMILES string of the molecule is C=C1/C(=C/C=C2CCC[C@]3(C)[C@@H]([C@H](C)Cn4nncc4CC(O)(CC)CC)CC[C@@H]23)C[C@@H](O[Si](C(C)C)(C(C)C)C(C)C)C[C@@H]1O[Si](C(C)C)(C(C)C)C(C)C.